The average Bonchev–Trinajstić information content (AvgIpc) is 3.70. The zero-order valence-corrected chi connectivity index (χ0v) is 31.4. The summed E-state index contributed by atoms with van der Waals surface area (Å²) in [5.74, 6) is -2.75. The highest BCUT2D eigenvalue weighted by molar-refractivity contribution is 6.30. The molecular formula is C41H31ClN4O11. The van der Waals surface area contributed by atoms with Crippen molar-refractivity contribution >= 4 is 62.9 Å². The molecule has 6 aromatic rings. The van der Waals surface area contributed by atoms with Gasteiger partial charge in [0.15, 0.2) is 6.61 Å². The number of esters is 3. The van der Waals surface area contributed by atoms with Crippen molar-refractivity contribution in [3.05, 3.63) is 132 Å². The van der Waals surface area contributed by atoms with E-state index in [4.69, 9.17) is 30.5 Å². The number of ether oxygens (including phenoxy) is 4. The van der Waals surface area contributed by atoms with Crippen molar-refractivity contribution in [1.82, 2.24) is 14.1 Å². The van der Waals surface area contributed by atoms with E-state index in [9.17, 15) is 34.1 Å². The maximum Gasteiger partial charge on any atom is 0.355 e. The predicted octanol–water partition coefficient (Wildman–Crippen LogP) is 5.94. The molecule has 1 atom stereocenters. The van der Waals surface area contributed by atoms with E-state index in [2.05, 4.69) is 4.98 Å². The lowest BCUT2D eigenvalue weighted by Gasteiger charge is -2.35. The monoisotopic (exact) mass is 790 g/mol. The number of methoxy groups -OCH3 is 1. The minimum atomic E-state index is -2.11. The fourth-order valence-electron chi connectivity index (χ4n) is 7.73. The van der Waals surface area contributed by atoms with Crippen molar-refractivity contribution in [3.8, 4) is 17.1 Å². The minimum absolute atomic E-state index is 0.0282. The summed E-state index contributed by atoms with van der Waals surface area (Å²) in [6, 6.07) is 19.5. The van der Waals surface area contributed by atoms with Crippen LogP contribution in [0.25, 0.3) is 33.2 Å². The van der Waals surface area contributed by atoms with Crippen LogP contribution in [0.1, 0.15) is 51.7 Å². The Labute approximate surface area is 327 Å². The molecule has 0 unspecified atom stereocenters. The predicted molar refractivity (Wildman–Crippen MR) is 204 cm³/mol. The third-order valence-electron chi connectivity index (χ3n) is 10.5. The molecule has 0 bridgehead atoms. The van der Waals surface area contributed by atoms with Gasteiger partial charge < -0.3 is 23.5 Å². The first kappa shape index (κ1) is 37.1. The Morgan fingerprint density at radius 3 is 2.47 bits per heavy atom. The first-order chi connectivity index (χ1) is 27.4. The van der Waals surface area contributed by atoms with Gasteiger partial charge in [-0.05, 0) is 79.6 Å². The number of carbonyl (C=O) groups excluding carboxylic acids is 4. The number of pyridine rings is 2. The lowest BCUT2D eigenvalue weighted by molar-refractivity contribution is -0.383. The molecule has 0 spiro atoms. The molecule has 0 saturated heterocycles. The van der Waals surface area contributed by atoms with Crippen molar-refractivity contribution in [2.24, 2.45) is 0 Å². The number of hydrogen-bond acceptors (Lipinski definition) is 12. The molecule has 0 saturated carbocycles. The highest BCUT2D eigenvalue weighted by Gasteiger charge is 2.51. The van der Waals surface area contributed by atoms with Crippen molar-refractivity contribution in [2.45, 2.75) is 45.4 Å². The van der Waals surface area contributed by atoms with Gasteiger partial charge in [-0.3, -0.25) is 29.1 Å². The molecule has 3 aromatic carbocycles. The zero-order valence-electron chi connectivity index (χ0n) is 30.6. The number of nitrogens with zero attached hydrogens (tertiary/aromatic N) is 4. The number of halogens is 1. The van der Waals surface area contributed by atoms with Crippen LogP contribution in [0.4, 0.5) is 5.69 Å². The van der Waals surface area contributed by atoms with Crippen LogP contribution in [-0.4, -0.2) is 56.6 Å². The summed E-state index contributed by atoms with van der Waals surface area (Å²) in [7, 11) is 1.49. The van der Waals surface area contributed by atoms with Gasteiger partial charge >= 0.3 is 17.9 Å². The van der Waals surface area contributed by atoms with Gasteiger partial charge in [0.05, 0.1) is 63.9 Å². The number of cyclic esters (lactones) is 1. The van der Waals surface area contributed by atoms with Gasteiger partial charge in [0.2, 0.25) is 5.60 Å². The van der Waals surface area contributed by atoms with Gasteiger partial charge in [-0.25, -0.2) is 14.6 Å². The Morgan fingerprint density at radius 1 is 1.00 bits per heavy atom. The topological polar surface area (TPSA) is 188 Å². The van der Waals surface area contributed by atoms with E-state index in [0.29, 0.717) is 49.4 Å². The number of fused-ring (bicyclic) bond motifs is 6. The third-order valence-corrected chi connectivity index (χ3v) is 10.8. The molecular weight excluding hydrogens is 760 g/mol. The number of aromatic nitrogens is 3. The molecule has 5 heterocycles. The van der Waals surface area contributed by atoms with Crippen LogP contribution >= 0.6 is 11.6 Å². The first-order valence-electron chi connectivity index (χ1n) is 17.7. The first-order valence-corrected chi connectivity index (χ1v) is 18.1. The van der Waals surface area contributed by atoms with E-state index in [1.807, 2.05) is 0 Å². The van der Waals surface area contributed by atoms with E-state index >= 15 is 0 Å². The Kier molecular flexibility index (Phi) is 9.11. The van der Waals surface area contributed by atoms with Crippen molar-refractivity contribution in [2.75, 3.05) is 13.7 Å². The van der Waals surface area contributed by atoms with Crippen LogP contribution in [0.15, 0.2) is 77.6 Å². The SMILES string of the molecule is CC[C@@]1(OC(=O)COC(=O)Cc2c(C)n(C(=O)c3ccc(Cl)cc3)c3ccc(OC)cc23)C(=O)OCc2c1cc1n(c2=O)Cc2c-1nc1ccccc1c2[N+](=O)[O-]. The van der Waals surface area contributed by atoms with Crippen LogP contribution in [-0.2, 0) is 53.8 Å². The molecule has 57 heavy (non-hydrogen) atoms. The number of para-hydroxylation sites is 1. The van der Waals surface area contributed by atoms with Gasteiger partial charge in [-0.1, -0.05) is 30.7 Å². The molecule has 0 radical (unpaired) electrons. The molecule has 288 valence electrons. The van der Waals surface area contributed by atoms with E-state index in [-0.39, 0.29) is 59.1 Å². The largest absolute Gasteiger partial charge is 0.497 e. The summed E-state index contributed by atoms with van der Waals surface area (Å²) < 4.78 is 24.7. The number of nitro groups is 1. The van der Waals surface area contributed by atoms with Crippen molar-refractivity contribution in [1.29, 1.82) is 0 Å². The normalized spacial score (nSPS) is 15.4. The van der Waals surface area contributed by atoms with Crippen LogP contribution in [0.2, 0.25) is 5.02 Å². The van der Waals surface area contributed by atoms with Gasteiger partial charge in [0.1, 0.15) is 12.4 Å². The minimum Gasteiger partial charge on any atom is -0.497 e. The molecule has 3 aromatic heterocycles. The molecule has 0 aliphatic carbocycles. The second kappa shape index (κ2) is 14.0. The fraction of sp³-hybridized carbons (Fsp3) is 0.220. The molecule has 0 amide bonds. The summed E-state index contributed by atoms with van der Waals surface area (Å²) in [4.78, 5) is 84.4. The summed E-state index contributed by atoms with van der Waals surface area (Å²) in [6.45, 7) is 1.77. The standard InChI is InChI=1S/C41H31ClN4O11/c1-4-41(30-17-33-36-28(18-44(33)39(50)29(30)19-56-40(41)51)37(46(52)53)25-7-5-6-8-31(25)43-36)57-35(48)20-55-34(47)16-26-21(2)45(32-14-13-24(54-3)15-27(26)32)38(49)22-9-11-23(42)12-10-22/h5-15,17H,4,16,18-20H2,1-3H3/t41-/m0/s1. The molecule has 2 aliphatic heterocycles. The Morgan fingerprint density at radius 2 is 1.75 bits per heavy atom. The van der Waals surface area contributed by atoms with Crippen molar-refractivity contribution < 1.29 is 43.0 Å². The van der Waals surface area contributed by atoms with E-state index < -0.39 is 47.2 Å². The van der Waals surface area contributed by atoms with E-state index in [0.717, 1.165) is 0 Å². The second-order valence-corrected chi connectivity index (χ2v) is 14.0. The van der Waals surface area contributed by atoms with Gasteiger partial charge in [0.25, 0.3) is 17.2 Å². The maximum atomic E-state index is 14.0. The number of carbonyl (C=O) groups is 4. The molecule has 15 nitrogen and oxygen atoms in total. The van der Waals surface area contributed by atoms with Gasteiger partial charge in [-0.2, -0.15) is 0 Å². The van der Waals surface area contributed by atoms with Crippen LogP contribution < -0.4 is 10.3 Å². The van der Waals surface area contributed by atoms with Crippen LogP contribution in [0, 0.1) is 17.0 Å². The second-order valence-electron chi connectivity index (χ2n) is 13.5. The Bertz CT molecular complexity index is 2810. The fourth-order valence-corrected chi connectivity index (χ4v) is 7.85. The van der Waals surface area contributed by atoms with Crippen molar-refractivity contribution in [3.63, 3.8) is 0 Å². The van der Waals surface area contributed by atoms with Crippen LogP contribution in [0.5, 0.6) is 5.75 Å². The molecule has 0 fully saturated rings. The Hall–Kier alpha value is -6.87. The van der Waals surface area contributed by atoms with Gasteiger partial charge in [0, 0.05) is 27.2 Å². The molecule has 2 aliphatic rings. The van der Waals surface area contributed by atoms with Crippen LogP contribution in [0.3, 0.4) is 0 Å². The van der Waals surface area contributed by atoms with Gasteiger partial charge in [-0.15, -0.1) is 0 Å². The Balaban J connectivity index is 1.07. The summed E-state index contributed by atoms with van der Waals surface area (Å²) in [5.41, 5.74) is -0.0738. The number of benzene rings is 3. The third kappa shape index (κ3) is 5.98. The van der Waals surface area contributed by atoms with E-state index in [1.165, 1.54) is 22.3 Å². The summed E-state index contributed by atoms with van der Waals surface area (Å²) in [6.07, 6.45) is -0.509. The smallest absolute Gasteiger partial charge is 0.355 e. The zero-order chi connectivity index (χ0) is 40.3. The maximum absolute atomic E-state index is 14.0. The summed E-state index contributed by atoms with van der Waals surface area (Å²) >= 11 is 6.03. The summed E-state index contributed by atoms with van der Waals surface area (Å²) in [5, 5.41) is 13.6. The lowest BCUT2D eigenvalue weighted by atomic mass is 9.85. The average molecular weight is 791 g/mol. The lowest BCUT2D eigenvalue weighted by Crippen LogP contribution is -2.48. The molecule has 0 N–H and O–H groups in total. The highest BCUT2D eigenvalue weighted by Crippen LogP contribution is 2.44. The quantitative estimate of drug-likeness (QED) is 0.0726. The number of rotatable bonds is 9. The van der Waals surface area contributed by atoms with E-state index in [1.54, 1.807) is 80.6 Å². The molecule has 8 rings (SSSR count). The highest BCUT2D eigenvalue weighted by atomic mass is 35.5. The number of hydrogen-bond donors (Lipinski definition) is 0. The molecule has 16 heteroatoms.